The normalized spacial score (nSPS) is 12.2. The summed E-state index contributed by atoms with van der Waals surface area (Å²) in [6.45, 7) is 5.94. The molecule has 0 aliphatic carbocycles. The maximum Gasteiger partial charge on any atom is 0.150 e. The molecular formula is C14H21NO2. The van der Waals surface area contributed by atoms with E-state index in [0.29, 0.717) is 18.2 Å². The molecule has 94 valence electrons. The van der Waals surface area contributed by atoms with Gasteiger partial charge in [0.2, 0.25) is 0 Å². The van der Waals surface area contributed by atoms with Crippen LogP contribution in [0.15, 0.2) is 24.3 Å². The summed E-state index contributed by atoms with van der Waals surface area (Å²) in [7, 11) is 1.71. The van der Waals surface area contributed by atoms with Gasteiger partial charge in [0.05, 0.1) is 6.61 Å². The number of hydrogen-bond acceptors (Lipinski definition) is 3. The molecule has 0 amide bonds. The Balaban J connectivity index is 2.83. The van der Waals surface area contributed by atoms with Crippen molar-refractivity contribution in [2.24, 2.45) is 0 Å². The highest BCUT2D eigenvalue weighted by Gasteiger charge is 2.12. The van der Waals surface area contributed by atoms with E-state index in [4.69, 9.17) is 4.74 Å². The predicted octanol–water partition coefficient (Wildman–Crippen LogP) is 2.75. The summed E-state index contributed by atoms with van der Waals surface area (Å²) in [6, 6.07) is 8.15. The summed E-state index contributed by atoms with van der Waals surface area (Å²) in [5.41, 5.74) is 1.85. The lowest BCUT2D eigenvalue weighted by molar-refractivity contribution is 0.112. The van der Waals surface area contributed by atoms with Gasteiger partial charge in [0.15, 0.2) is 0 Å². The third-order valence-corrected chi connectivity index (χ3v) is 3.02. The van der Waals surface area contributed by atoms with E-state index in [0.717, 1.165) is 24.9 Å². The molecule has 1 atom stereocenters. The Bertz CT molecular complexity index is 335. The van der Waals surface area contributed by atoms with Gasteiger partial charge < -0.3 is 9.64 Å². The minimum Gasteiger partial charge on any atom is -0.383 e. The van der Waals surface area contributed by atoms with Crippen LogP contribution in [0.3, 0.4) is 0 Å². The highest BCUT2D eigenvalue weighted by Crippen LogP contribution is 2.18. The van der Waals surface area contributed by atoms with Crippen LogP contribution in [0.4, 0.5) is 5.69 Å². The van der Waals surface area contributed by atoms with Gasteiger partial charge in [-0.1, -0.05) is 6.92 Å². The maximum absolute atomic E-state index is 10.6. The van der Waals surface area contributed by atoms with Gasteiger partial charge in [0.25, 0.3) is 0 Å². The Hall–Kier alpha value is -1.35. The maximum atomic E-state index is 10.6. The fourth-order valence-corrected chi connectivity index (χ4v) is 1.76. The van der Waals surface area contributed by atoms with Crippen LogP contribution in [0.25, 0.3) is 0 Å². The van der Waals surface area contributed by atoms with Crippen molar-refractivity contribution in [3.63, 3.8) is 0 Å². The molecule has 0 saturated carbocycles. The molecule has 1 unspecified atom stereocenters. The lowest BCUT2D eigenvalue weighted by Gasteiger charge is -2.30. The number of hydrogen-bond donors (Lipinski definition) is 0. The fourth-order valence-electron chi connectivity index (χ4n) is 1.76. The topological polar surface area (TPSA) is 29.5 Å². The van der Waals surface area contributed by atoms with Gasteiger partial charge in [0, 0.05) is 30.9 Å². The molecule has 0 radical (unpaired) electrons. The number of nitrogens with zero attached hydrogens (tertiary/aromatic N) is 1. The molecule has 0 N–H and O–H groups in total. The summed E-state index contributed by atoms with van der Waals surface area (Å²) in [6.07, 6.45) is 1.95. The van der Waals surface area contributed by atoms with Crippen molar-refractivity contribution in [3.8, 4) is 0 Å². The van der Waals surface area contributed by atoms with Gasteiger partial charge in [0.1, 0.15) is 6.29 Å². The van der Waals surface area contributed by atoms with Gasteiger partial charge in [-0.3, -0.25) is 4.79 Å². The van der Waals surface area contributed by atoms with Gasteiger partial charge >= 0.3 is 0 Å². The van der Waals surface area contributed by atoms with Crippen LogP contribution in [0.1, 0.15) is 30.6 Å². The summed E-state index contributed by atoms with van der Waals surface area (Å²) in [5.74, 6) is 0. The number of benzene rings is 1. The number of carbonyl (C=O) groups is 1. The average molecular weight is 235 g/mol. The van der Waals surface area contributed by atoms with Crippen molar-refractivity contribution in [1.82, 2.24) is 0 Å². The number of aldehydes is 1. The monoisotopic (exact) mass is 235 g/mol. The van der Waals surface area contributed by atoms with E-state index in [2.05, 4.69) is 18.7 Å². The van der Waals surface area contributed by atoms with E-state index in [-0.39, 0.29) is 0 Å². The van der Waals surface area contributed by atoms with E-state index in [9.17, 15) is 4.79 Å². The molecule has 1 aromatic carbocycles. The zero-order valence-electron chi connectivity index (χ0n) is 10.8. The van der Waals surface area contributed by atoms with E-state index in [1.807, 2.05) is 24.3 Å². The van der Waals surface area contributed by atoms with Crippen molar-refractivity contribution >= 4 is 12.0 Å². The molecule has 17 heavy (non-hydrogen) atoms. The van der Waals surface area contributed by atoms with Crippen molar-refractivity contribution in [2.45, 2.75) is 26.3 Å². The van der Waals surface area contributed by atoms with E-state index >= 15 is 0 Å². The number of methoxy groups -OCH3 is 1. The Morgan fingerprint density at radius 1 is 1.35 bits per heavy atom. The third kappa shape index (κ3) is 3.86. The predicted molar refractivity (Wildman–Crippen MR) is 70.8 cm³/mol. The van der Waals surface area contributed by atoms with Gasteiger partial charge in [-0.05, 0) is 37.6 Å². The molecule has 1 rings (SSSR count). The minimum atomic E-state index is 0.465. The standard InChI is InChI=1S/C14H21NO2/c1-4-12(2)15(9-10-17-3)14-7-5-13(11-16)6-8-14/h5-8,11-12H,4,9-10H2,1-3H3. The molecule has 0 fully saturated rings. The number of ether oxygens (including phenoxy) is 1. The van der Waals surface area contributed by atoms with Crippen molar-refractivity contribution in [1.29, 1.82) is 0 Å². The Morgan fingerprint density at radius 2 is 2.00 bits per heavy atom. The molecule has 0 aromatic heterocycles. The summed E-state index contributed by atoms with van der Waals surface area (Å²) in [4.78, 5) is 12.9. The van der Waals surface area contributed by atoms with Gasteiger partial charge in [-0.15, -0.1) is 0 Å². The minimum absolute atomic E-state index is 0.465. The van der Waals surface area contributed by atoms with Crippen LogP contribution < -0.4 is 4.90 Å². The van der Waals surface area contributed by atoms with Crippen LogP contribution >= 0.6 is 0 Å². The largest absolute Gasteiger partial charge is 0.383 e. The van der Waals surface area contributed by atoms with E-state index in [1.165, 1.54) is 0 Å². The number of rotatable bonds is 7. The van der Waals surface area contributed by atoms with Crippen LogP contribution in [0.2, 0.25) is 0 Å². The van der Waals surface area contributed by atoms with Gasteiger partial charge in [-0.2, -0.15) is 0 Å². The zero-order chi connectivity index (χ0) is 12.7. The molecule has 0 bridgehead atoms. The first kappa shape index (κ1) is 13.7. The molecule has 3 heteroatoms. The lowest BCUT2D eigenvalue weighted by Crippen LogP contribution is -2.35. The fraction of sp³-hybridized carbons (Fsp3) is 0.500. The first-order valence-corrected chi connectivity index (χ1v) is 6.03. The van der Waals surface area contributed by atoms with Crippen LogP contribution in [0.5, 0.6) is 0 Å². The third-order valence-electron chi connectivity index (χ3n) is 3.02. The van der Waals surface area contributed by atoms with Crippen LogP contribution in [0, 0.1) is 0 Å². The second-order valence-corrected chi connectivity index (χ2v) is 4.15. The Morgan fingerprint density at radius 3 is 2.47 bits per heavy atom. The SMILES string of the molecule is CCC(C)N(CCOC)c1ccc(C=O)cc1. The second-order valence-electron chi connectivity index (χ2n) is 4.15. The quantitative estimate of drug-likeness (QED) is 0.681. The first-order valence-electron chi connectivity index (χ1n) is 6.03. The molecule has 1 aromatic rings. The highest BCUT2D eigenvalue weighted by atomic mass is 16.5. The van der Waals surface area contributed by atoms with Crippen molar-refractivity contribution < 1.29 is 9.53 Å². The van der Waals surface area contributed by atoms with E-state index < -0.39 is 0 Å². The van der Waals surface area contributed by atoms with E-state index in [1.54, 1.807) is 7.11 Å². The molecule has 0 saturated heterocycles. The Labute approximate surface area is 103 Å². The van der Waals surface area contributed by atoms with Crippen molar-refractivity contribution in [2.75, 3.05) is 25.2 Å². The van der Waals surface area contributed by atoms with Gasteiger partial charge in [-0.25, -0.2) is 0 Å². The lowest BCUT2D eigenvalue weighted by atomic mass is 10.1. The summed E-state index contributed by atoms with van der Waals surface area (Å²) >= 11 is 0. The average Bonchev–Trinajstić information content (AvgIpc) is 2.39. The van der Waals surface area contributed by atoms with Crippen LogP contribution in [-0.4, -0.2) is 32.6 Å². The Kier molecular flexibility index (Phi) is 5.70. The number of carbonyl (C=O) groups excluding carboxylic acids is 1. The first-order chi connectivity index (χ1) is 8.22. The molecule has 0 heterocycles. The highest BCUT2D eigenvalue weighted by molar-refractivity contribution is 5.75. The molecule has 0 spiro atoms. The smallest absolute Gasteiger partial charge is 0.150 e. The molecule has 0 aliphatic heterocycles. The number of anilines is 1. The second kappa shape index (κ2) is 7.07. The van der Waals surface area contributed by atoms with Crippen molar-refractivity contribution in [3.05, 3.63) is 29.8 Å². The summed E-state index contributed by atoms with van der Waals surface area (Å²) in [5, 5.41) is 0. The van der Waals surface area contributed by atoms with Crippen LogP contribution in [-0.2, 0) is 4.74 Å². The molecular weight excluding hydrogens is 214 g/mol. The molecule has 3 nitrogen and oxygen atoms in total. The molecule has 0 aliphatic rings. The summed E-state index contributed by atoms with van der Waals surface area (Å²) < 4.78 is 5.14. The zero-order valence-corrected chi connectivity index (χ0v) is 10.8.